The van der Waals surface area contributed by atoms with Gasteiger partial charge in [-0.05, 0) is 77.0 Å². The molecule has 0 spiro atoms. The minimum Gasteiger partial charge on any atom is -0.462 e. The zero-order chi connectivity index (χ0) is 43.7. The second kappa shape index (κ2) is 39.7. The molecule has 0 amide bonds. The first kappa shape index (κ1) is 56.6. The topological polar surface area (TPSA) is 195 Å². The van der Waals surface area contributed by atoms with Crippen molar-refractivity contribution in [1.82, 2.24) is 0 Å². The van der Waals surface area contributed by atoms with E-state index in [9.17, 15) is 28.7 Å². The van der Waals surface area contributed by atoms with Crippen molar-refractivity contribution in [2.45, 2.75) is 167 Å². The van der Waals surface area contributed by atoms with Crippen LogP contribution in [0, 0.1) is 0 Å². The molecule has 0 aliphatic heterocycles. The fourth-order valence-corrected chi connectivity index (χ4v) is 6.42. The summed E-state index contributed by atoms with van der Waals surface area (Å²) in [6.45, 7) is 1.61. The molecule has 13 nitrogen and oxygen atoms in total. The molecular formula is C44H76O13P2. The Balaban J connectivity index is 4.65. The molecule has 0 aliphatic carbocycles. The van der Waals surface area contributed by atoms with Crippen LogP contribution in [0.3, 0.4) is 0 Å². The van der Waals surface area contributed by atoms with Gasteiger partial charge in [0, 0.05) is 12.8 Å². The van der Waals surface area contributed by atoms with Gasteiger partial charge in [0.25, 0.3) is 0 Å². The molecule has 0 heterocycles. The van der Waals surface area contributed by atoms with Crippen LogP contribution in [0.4, 0.5) is 0 Å². The largest absolute Gasteiger partial charge is 0.472 e. The van der Waals surface area contributed by atoms with Crippen LogP contribution >= 0.6 is 15.6 Å². The van der Waals surface area contributed by atoms with E-state index in [1.54, 1.807) is 0 Å². The summed E-state index contributed by atoms with van der Waals surface area (Å²) < 4.78 is 47.6. The van der Waals surface area contributed by atoms with E-state index < -0.39 is 66.2 Å². The highest BCUT2D eigenvalue weighted by Crippen LogP contribution is 2.43. The molecule has 0 radical (unpaired) electrons. The number of rotatable bonds is 40. The van der Waals surface area contributed by atoms with E-state index in [0.29, 0.717) is 12.8 Å². The molecule has 3 atom stereocenters. The average Bonchev–Trinajstić information content (AvgIpc) is 3.19. The molecule has 0 fully saturated rings. The zero-order valence-corrected chi connectivity index (χ0v) is 37.6. The van der Waals surface area contributed by atoms with Crippen LogP contribution in [0.15, 0.2) is 72.9 Å². The molecule has 59 heavy (non-hydrogen) atoms. The smallest absolute Gasteiger partial charge is 0.462 e. The van der Waals surface area contributed by atoms with Gasteiger partial charge >= 0.3 is 27.6 Å². The van der Waals surface area contributed by atoms with Gasteiger partial charge in [-0.1, -0.05) is 138 Å². The monoisotopic (exact) mass is 874 g/mol. The number of carbonyl (C=O) groups is 2. The van der Waals surface area contributed by atoms with Crippen LogP contribution in [-0.2, 0) is 41.8 Å². The lowest BCUT2D eigenvalue weighted by Gasteiger charge is -2.20. The van der Waals surface area contributed by atoms with E-state index in [2.05, 4.69) is 77.6 Å². The number of ether oxygens (including phenoxy) is 2. The van der Waals surface area contributed by atoms with Crippen LogP contribution in [-0.4, -0.2) is 70.4 Å². The highest BCUT2D eigenvalue weighted by atomic mass is 31.2. The molecule has 0 aliphatic rings. The Bertz CT molecular complexity index is 1320. The summed E-state index contributed by atoms with van der Waals surface area (Å²) in [7, 11) is -9.70. The lowest BCUT2D eigenvalue weighted by Crippen LogP contribution is -2.29. The summed E-state index contributed by atoms with van der Waals surface area (Å²) in [5, 5.41) is 9.74. The first-order chi connectivity index (χ1) is 28.4. The molecule has 0 saturated heterocycles. The van der Waals surface area contributed by atoms with Crippen LogP contribution in [0.5, 0.6) is 0 Å². The van der Waals surface area contributed by atoms with Gasteiger partial charge in [0.2, 0.25) is 0 Å². The molecule has 4 N–H and O–H groups in total. The Kier molecular flexibility index (Phi) is 38.0. The molecule has 340 valence electrons. The Morgan fingerprint density at radius 2 is 0.915 bits per heavy atom. The van der Waals surface area contributed by atoms with E-state index >= 15 is 0 Å². The van der Waals surface area contributed by atoms with E-state index in [0.717, 1.165) is 70.6 Å². The first-order valence-electron chi connectivity index (χ1n) is 21.6. The van der Waals surface area contributed by atoms with Crippen molar-refractivity contribution < 1.29 is 61.6 Å². The fourth-order valence-electron chi connectivity index (χ4n) is 5.26. The summed E-state index contributed by atoms with van der Waals surface area (Å²) >= 11 is 0. The number of phosphoric acid groups is 2. The van der Waals surface area contributed by atoms with E-state index in [1.807, 2.05) is 18.2 Å². The number of carbonyl (C=O) groups excluding carboxylic acids is 2. The standard InChI is InChI=1S/C44H76O13P2/c1-3-5-7-9-11-13-15-17-18-19-20-21-22-24-25-27-29-31-33-35-43(46)53-39-42(40-56-59(51,52)55-38-41(45)37-54-58(48,49)50)57-44(47)36-34-32-30-28-26-23-16-14-12-10-8-6-4-2/h11,13-14,16-18,20-21,24-25,29,31,41-42,45H,3-10,12,15,19,22-23,26-28,30,32-40H2,1-2H3,(H,51,52)(H2,48,49,50)/b13-11-,16-14-,18-17-,21-20-,25-24-,31-29-/t41-,42+/m0/s1. The lowest BCUT2D eigenvalue weighted by molar-refractivity contribution is -0.161. The van der Waals surface area contributed by atoms with Gasteiger partial charge in [-0.2, -0.15) is 0 Å². The van der Waals surface area contributed by atoms with E-state index in [-0.39, 0.29) is 12.8 Å². The molecule has 0 saturated carbocycles. The van der Waals surface area contributed by atoms with Gasteiger partial charge in [0.05, 0.1) is 19.8 Å². The van der Waals surface area contributed by atoms with Crippen molar-refractivity contribution in [2.75, 3.05) is 26.4 Å². The SMILES string of the molecule is CCCCC/C=C\C/C=C\C/C=C\C/C=C\C/C=C\CCC(=O)OC[C@H](COP(=O)(O)OC[C@@H](O)COP(=O)(O)O)OC(=O)CCCCCCC/C=C\CCCCCC. The minimum atomic E-state index is -4.87. The number of hydrogen-bond donors (Lipinski definition) is 4. The molecule has 0 rings (SSSR count). The van der Waals surface area contributed by atoms with E-state index in [1.165, 1.54) is 44.9 Å². The quantitative estimate of drug-likeness (QED) is 0.0197. The number of esters is 2. The number of hydrogen-bond acceptors (Lipinski definition) is 10. The van der Waals surface area contributed by atoms with Crippen molar-refractivity contribution in [3.8, 4) is 0 Å². The van der Waals surface area contributed by atoms with Crippen molar-refractivity contribution >= 4 is 27.6 Å². The predicted octanol–water partition coefficient (Wildman–Crippen LogP) is 11.0. The Hall–Kier alpha value is -2.44. The average molecular weight is 875 g/mol. The second-order valence-electron chi connectivity index (χ2n) is 14.3. The van der Waals surface area contributed by atoms with Crippen LogP contribution in [0.25, 0.3) is 0 Å². The number of aliphatic hydroxyl groups excluding tert-OH is 1. The van der Waals surface area contributed by atoms with Crippen molar-refractivity contribution in [1.29, 1.82) is 0 Å². The number of phosphoric ester groups is 2. The molecule has 0 bridgehead atoms. The van der Waals surface area contributed by atoms with Crippen LogP contribution in [0.2, 0.25) is 0 Å². The first-order valence-corrected chi connectivity index (χ1v) is 24.7. The molecule has 15 heteroatoms. The third-order valence-electron chi connectivity index (χ3n) is 8.57. The Morgan fingerprint density at radius 1 is 0.492 bits per heavy atom. The summed E-state index contributed by atoms with van der Waals surface area (Å²) in [4.78, 5) is 52.6. The molecule has 0 aromatic carbocycles. The summed E-state index contributed by atoms with van der Waals surface area (Å²) in [6.07, 6.45) is 43.4. The maximum Gasteiger partial charge on any atom is 0.472 e. The number of unbranched alkanes of at least 4 members (excludes halogenated alkanes) is 12. The van der Waals surface area contributed by atoms with Gasteiger partial charge in [0.15, 0.2) is 6.10 Å². The normalized spacial score (nSPS) is 14.7. The molecular weight excluding hydrogens is 798 g/mol. The zero-order valence-electron chi connectivity index (χ0n) is 35.8. The number of allylic oxidation sites excluding steroid dienone is 12. The third kappa shape index (κ3) is 43.5. The van der Waals surface area contributed by atoms with Gasteiger partial charge in [-0.15, -0.1) is 0 Å². The van der Waals surface area contributed by atoms with Crippen molar-refractivity contribution in [3.05, 3.63) is 72.9 Å². The highest BCUT2D eigenvalue weighted by molar-refractivity contribution is 7.47. The van der Waals surface area contributed by atoms with Crippen molar-refractivity contribution in [2.24, 2.45) is 0 Å². The van der Waals surface area contributed by atoms with E-state index in [4.69, 9.17) is 23.8 Å². The van der Waals surface area contributed by atoms with Crippen LogP contribution in [0.1, 0.15) is 155 Å². The predicted molar refractivity (Wildman–Crippen MR) is 234 cm³/mol. The third-order valence-corrected chi connectivity index (χ3v) is 10.0. The minimum absolute atomic E-state index is 0.0670. The summed E-state index contributed by atoms with van der Waals surface area (Å²) in [5.74, 6) is -1.14. The maximum absolute atomic E-state index is 12.6. The molecule has 0 aromatic rings. The van der Waals surface area contributed by atoms with Gasteiger partial charge < -0.3 is 29.3 Å². The summed E-state index contributed by atoms with van der Waals surface area (Å²) in [6, 6.07) is 0. The Labute approximate surface area is 354 Å². The molecule has 1 unspecified atom stereocenters. The molecule has 0 aromatic heterocycles. The Morgan fingerprint density at radius 3 is 1.47 bits per heavy atom. The van der Waals surface area contributed by atoms with Crippen molar-refractivity contribution in [3.63, 3.8) is 0 Å². The van der Waals surface area contributed by atoms with Gasteiger partial charge in [-0.3, -0.25) is 23.2 Å². The van der Waals surface area contributed by atoms with Crippen LogP contribution < -0.4 is 0 Å². The van der Waals surface area contributed by atoms with Gasteiger partial charge in [0.1, 0.15) is 12.7 Å². The van der Waals surface area contributed by atoms with Gasteiger partial charge in [-0.25, -0.2) is 9.13 Å². The highest BCUT2D eigenvalue weighted by Gasteiger charge is 2.28. The fraction of sp³-hybridized carbons (Fsp3) is 0.682. The number of aliphatic hydroxyl groups is 1. The lowest BCUT2D eigenvalue weighted by atomic mass is 10.1. The summed E-state index contributed by atoms with van der Waals surface area (Å²) in [5.41, 5.74) is 0. The second-order valence-corrected chi connectivity index (χ2v) is 16.9. The maximum atomic E-state index is 12.6.